The maximum absolute atomic E-state index is 13.9. The highest BCUT2D eigenvalue weighted by Crippen LogP contribution is 2.42. The molecule has 1 aliphatic carbocycles. The van der Waals surface area contributed by atoms with Gasteiger partial charge < -0.3 is 5.11 Å². The summed E-state index contributed by atoms with van der Waals surface area (Å²) in [4.78, 5) is 0. The van der Waals surface area contributed by atoms with Crippen LogP contribution in [0.15, 0.2) is 42.5 Å². The molecule has 2 atom stereocenters. The molecule has 0 aliphatic heterocycles. The van der Waals surface area contributed by atoms with Crippen LogP contribution in [-0.2, 0) is 6.42 Å². The number of aliphatic hydroxyl groups excluding tert-OH is 1. The minimum atomic E-state index is -0.819. The number of aryl methyl sites for hydroxylation is 1. The highest BCUT2D eigenvalue weighted by molar-refractivity contribution is 6.30. The van der Waals surface area contributed by atoms with Crippen LogP contribution in [0.3, 0.4) is 0 Å². The minimum absolute atomic E-state index is 0.0353. The van der Waals surface area contributed by atoms with E-state index in [0.717, 1.165) is 18.4 Å². The lowest BCUT2D eigenvalue weighted by Crippen LogP contribution is -2.10. The fourth-order valence-corrected chi connectivity index (χ4v) is 3.03. The molecule has 0 saturated heterocycles. The number of fused-ring (bicyclic) bond motifs is 1. The van der Waals surface area contributed by atoms with Crippen LogP contribution in [0.5, 0.6) is 0 Å². The summed E-state index contributed by atoms with van der Waals surface area (Å²) in [7, 11) is 0. The molecule has 2 aromatic rings. The summed E-state index contributed by atoms with van der Waals surface area (Å²) in [5, 5.41) is 10.8. The van der Waals surface area contributed by atoms with Crippen LogP contribution in [0.1, 0.15) is 35.1 Å². The van der Waals surface area contributed by atoms with Gasteiger partial charge in [0.25, 0.3) is 0 Å². The summed E-state index contributed by atoms with van der Waals surface area (Å²) in [5.41, 5.74) is 2.70. The molecule has 0 radical (unpaired) electrons. The Balaban J connectivity index is 1.95. The van der Waals surface area contributed by atoms with Crippen molar-refractivity contribution in [2.75, 3.05) is 0 Å². The monoisotopic (exact) mass is 276 g/mol. The third-order valence-corrected chi connectivity index (χ3v) is 4.08. The average Bonchev–Trinajstić information content (AvgIpc) is 2.82. The zero-order valence-corrected chi connectivity index (χ0v) is 11.1. The third-order valence-electron chi connectivity index (χ3n) is 3.84. The van der Waals surface area contributed by atoms with Crippen molar-refractivity contribution >= 4 is 11.6 Å². The molecule has 0 fully saturated rings. The van der Waals surface area contributed by atoms with Crippen LogP contribution in [0.2, 0.25) is 5.02 Å². The predicted octanol–water partition coefficient (Wildman–Crippen LogP) is 4.24. The van der Waals surface area contributed by atoms with Crippen molar-refractivity contribution < 1.29 is 9.50 Å². The van der Waals surface area contributed by atoms with Gasteiger partial charge in [-0.3, -0.25) is 0 Å². The first-order valence-corrected chi connectivity index (χ1v) is 6.75. The molecule has 1 aliphatic rings. The van der Waals surface area contributed by atoms with Gasteiger partial charge in [0.05, 0.1) is 6.10 Å². The van der Waals surface area contributed by atoms with Crippen LogP contribution in [0.4, 0.5) is 4.39 Å². The van der Waals surface area contributed by atoms with E-state index in [0.29, 0.717) is 10.6 Å². The van der Waals surface area contributed by atoms with E-state index in [1.165, 1.54) is 11.6 Å². The molecule has 19 heavy (non-hydrogen) atoms. The fourth-order valence-electron chi connectivity index (χ4n) is 2.88. The lowest BCUT2D eigenvalue weighted by Gasteiger charge is -2.20. The van der Waals surface area contributed by atoms with Gasteiger partial charge in [0.2, 0.25) is 0 Å². The summed E-state index contributed by atoms with van der Waals surface area (Å²) in [6.07, 6.45) is 0.969. The first-order chi connectivity index (χ1) is 9.16. The maximum atomic E-state index is 13.9. The molecule has 0 bridgehead atoms. The molecule has 3 heteroatoms. The van der Waals surface area contributed by atoms with Crippen molar-refractivity contribution in [3.05, 3.63) is 70.0 Å². The Morgan fingerprint density at radius 3 is 2.79 bits per heavy atom. The quantitative estimate of drug-likeness (QED) is 0.870. The van der Waals surface area contributed by atoms with Crippen LogP contribution < -0.4 is 0 Å². The lowest BCUT2D eigenvalue weighted by atomic mass is 9.90. The van der Waals surface area contributed by atoms with E-state index in [1.807, 2.05) is 18.2 Å². The molecular weight excluding hydrogens is 263 g/mol. The summed E-state index contributed by atoms with van der Waals surface area (Å²) in [5.74, 6) is -0.476. The summed E-state index contributed by atoms with van der Waals surface area (Å²) < 4.78 is 13.9. The second-order valence-electron chi connectivity index (χ2n) is 4.95. The van der Waals surface area contributed by atoms with E-state index in [4.69, 9.17) is 11.6 Å². The maximum Gasteiger partial charge on any atom is 0.130 e. The normalized spacial score (nSPS) is 19.2. The van der Waals surface area contributed by atoms with E-state index < -0.39 is 11.9 Å². The van der Waals surface area contributed by atoms with Crippen molar-refractivity contribution in [3.63, 3.8) is 0 Å². The molecule has 2 aromatic carbocycles. The largest absolute Gasteiger partial charge is 0.388 e. The predicted molar refractivity (Wildman–Crippen MR) is 73.9 cm³/mol. The molecule has 0 aromatic heterocycles. The van der Waals surface area contributed by atoms with Gasteiger partial charge >= 0.3 is 0 Å². The molecule has 0 saturated carbocycles. The summed E-state index contributed by atoms with van der Waals surface area (Å²) in [6.45, 7) is 0. The van der Waals surface area contributed by atoms with E-state index in [-0.39, 0.29) is 5.92 Å². The van der Waals surface area contributed by atoms with E-state index >= 15 is 0 Å². The Bertz CT molecular complexity index is 611. The molecule has 98 valence electrons. The van der Waals surface area contributed by atoms with Crippen molar-refractivity contribution in [1.82, 2.24) is 0 Å². The molecule has 2 unspecified atom stereocenters. The average molecular weight is 277 g/mol. The molecule has 1 N–H and O–H groups in total. The molecule has 1 nitrogen and oxygen atoms in total. The zero-order chi connectivity index (χ0) is 13.4. The highest BCUT2D eigenvalue weighted by Gasteiger charge is 2.30. The first-order valence-electron chi connectivity index (χ1n) is 6.37. The first kappa shape index (κ1) is 12.6. The number of benzene rings is 2. The Kier molecular flexibility index (Phi) is 3.29. The van der Waals surface area contributed by atoms with E-state index in [9.17, 15) is 9.50 Å². The Hall–Kier alpha value is -1.38. The van der Waals surface area contributed by atoms with Gasteiger partial charge in [-0.25, -0.2) is 4.39 Å². The molecule has 0 spiro atoms. The SMILES string of the molecule is OC(c1ccc(Cl)cc1F)C1CCc2ccccc21. The van der Waals surface area contributed by atoms with Gasteiger partial charge in [0.1, 0.15) is 5.82 Å². The van der Waals surface area contributed by atoms with Gasteiger partial charge in [0, 0.05) is 16.5 Å². The summed E-state index contributed by atoms with van der Waals surface area (Å²) >= 11 is 5.74. The Morgan fingerprint density at radius 1 is 1.21 bits per heavy atom. The smallest absolute Gasteiger partial charge is 0.130 e. The fraction of sp³-hybridized carbons (Fsp3) is 0.250. The second kappa shape index (κ2) is 4.95. The minimum Gasteiger partial charge on any atom is -0.388 e. The van der Waals surface area contributed by atoms with E-state index in [1.54, 1.807) is 12.1 Å². The topological polar surface area (TPSA) is 20.2 Å². The van der Waals surface area contributed by atoms with Crippen molar-refractivity contribution in [2.45, 2.75) is 24.9 Å². The number of halogens is 2. The van der Waals surface area contributed by atoms with Crippen LogP contribution >= 0.6 is 11.6 Å². The number of rotatable bonds is 2. The number of aliphatic hydroxyl groups is 1. The third kappa shape index (κ3) is 2.26. The Labute approximate surface area is 116 Å². The van der Waals surface area contributed by atoms with Crippen molar-refractivity contribution in [3.8, 4) is 0 Å². The standard InChI is InChI=1S/C16H14ClFO/c17-11-6-8-14(15(18)9-11)16(19)13-7-5-10-3-1-2-4-12(10)13/h1-4,6,8-9,13,16,19H,5,7H2. The van der Waals surface area contributed by atoms with E-state index in [2.05, 4.69) is 6.07 Å². The van der Waals surface area contributed by atoms with Crippen LogP contribution in [0.25, 0.3) is 0 Å². The van der Waals surface area contributed by atoms with Gasteiger partial charge in [-0.05, 0) is 36.1 Å². The zero-order valence-electron chi connectivity index (χ0n) is 10.3. The van der Waals surface area contributed by atoms with Gasteiger partial charge in [0.15, 0.2) is 0 Å². The second-order valence-corrected chi connectivity index (χ2v) is 5.39. The Morgan fingerprint density at radius 2 is 2.00 bits per heavy atom. The van der Waals surface area contributed by atoms with Gasteiger partial charge in [-0.1, -0.05) is 41.9 Å². The van der Waals surface area contributed by atoms with Crippen molar-refractivity contribution in [1.29, 1.82) is 0 Å². The van der Waals surface area contributed by atoms with Crippen molar-refractivity contribution in [2.24, 2.45) is 0 Å². The summed E-state index contributed by atoms with van der Waals surface area (Å²) in [6, 6.07) is 12.5. The van der Waals surface area contributed by atoms with Gasteiger partial charge in [-0.2, -0.15) is 0 Å². The molecule has 3 rings (SSSR count). The number of hydrogen-bond donors (Lipinski definition) is 1. The van der Waals surface area contributed by atoms with Gasteiger partial charge in [-0.15, -0.1) is 0 Å². The van der Waals surface area contributed by atoms with Crippen LogP contribution in [-0.4, -0.2) is 5.11 Å². The highest BCUT2D eigenvalue weighted by atomic mass is 35.5. The molecular formula is C16H14ClFO. The van der Waals surface area contributed by atoms with Crippen LogP contribution in [0, 0.1) is 5.82 Å². The molecule has 0 heterocycles. The molecule has 0 amide bonds. The number of hydrogen-bond acceptors (Lipinski definition) is 1. The lowest BCUT2D eigenvalue weighted by molar-refractivity contribution is 0.140.